The fourth-order valence-electron chi connectivity index (χ4n) is 3.45. The van der Waals surface area contributed by atoms with Gasteiger partial charge in [-0.1, -0.05) is 13.0 Å². The first-order valence-electron chi connectivity index (χ1n) is 7.91. The van der Waals surface area contributed by atoms with E-state index in [9.17, 15) is 0 Å². The minimum absolute atomic E-state index is 0.101. The number of benzene rings is 1. The van der Waals surface area contributed by atoms with Crippen LogP contribution in [0.4, 0.5) is 0 Å². The number of halogens is 1. The molecule has 0 bridgehead atoms. The molecule has 1 aliphatic rings. The molecule has 21 heavy (non-hydrogen) atoms. The molecule has 4 heteroatoms. The van der Waals surface area contributed by atoms with Gasteiger partial charge in [0.15, 0.2) is 0 Å². The lowest BCUT2D eigenvalue weighted by Gasteiger charge is -2.44. The number of aromatic nitrogens is 2. The van der Waals surface area contributed by atoms with Gasteiger partial charge in [0.25, 0.3) is 0 Å². The van der Waals surface area contributed by atoms with Gasteiger partial charge in [-0.25, -0.2) is 4.98 Å². The Morgan fingerprint density at radius 3 is 2.67 bits per heavy atom. The second-order valence-electron chi connectivity index (χ2n) is 5.91. The van der Waals surface area contributed by atoms with E-state index in [2.05, 4.69) is 23.6 Å². The zero-order chi connectivity index (χ0) is 15.0. The number of hydrogen-bond donors (Lipinski definition) is 0. The van der Waals surface area contributed by atoms with E-state index in [0.717, 1.165) is 29.0 Å². The van der Waals surface area contributed by atoms with Gasteiger partial charge in [0, 0.05) is 5.54 Å². The molecule has 1 fully saturated rings. The second-order valence-corrected chi connectivity index (χ2v) is 6.56. The summed E-state index contributed by atoms with van der Waals surface area (Å²) in [6.45, 7) is 6.92. The molecule has 1 atom stereocenters. The van der Waals surface area contributed by atoms with E-state index in [0.29, 0.717) is 6.61 Å². The summed E-state index contributed by atoms with van der Waals surface area (Å²) in [5.74, 6) is 1.83. The van der Waals surface area contributed by atoms with Crippen LogP contribution in [0.2, 0.25) is 0 Å². The first-order chi connectivity index (χ1) is 10.1. The predicted molar refractivity (Wildman–Crippen MR) is 87.3 cm³/mol. The van der Waals surface area contributed by atoms with Crippen molar-refractivity contribution in [1.29, 1.82) is 0 Å². The highest BCUT2D eigenvalue weighted by Gasteiger charge is 2.40. The number of alkyl halides is 1. The van der Waals surface area contributed by atoms with Crippen LogP contribution in [0.1, 0.15) is 57.7 Å². The minimum atomic E-state index is -0.101. The van der Waals surface area contributed by atoms with Gasteiger partial charge in [-0.2, -0.15) is 0 Å². The third kappa shape index (κ3) is 2.22. The first-order valence-corrected chi connectivity index (χ1v) is 8.35. The average Bonchev–Trinajstić information content (AvgIpc) is 2.80. The van der Waals surface area contributed by atoms with Crippen LogP contribution in [-0.2, 0) is 5.54 Å². The molecule has 1 aromatic heterocycles. The zero-order valence-corrected chi connectivity index (χ0v) is 13.8. The molecule has 1 aliphatic carbocycles. The van der Waals surface area contributed by atoms with E-state index in [1.165, 1.54) is 19.3 Å². The van der Waals surface area contributed by atoms with Gasteiger partial charge >= 0.3 is 0 Å². The largest absolute Gasteiger partial charge is 0.492 e. The SMILES string of the molecule is CCOc1cccc2c1nc(C(C)Cl)n2C1(CC)CCC1. The van der Waals surface area contributed by atoms with Gasteiger partial charge in [0.2, 0.25) is 0 Å². The molecule has 0 radical (unpaired) electrons. The van der Waals surface area contributed by atoms with E-state index in [1.807, 2.05) is 19.9 Å². The number of ether oxygens (including phenoxy) is 1. The van der Waals surface area contributed by atoms with Crippen molar-refractivity contribution in [2.75, 3.05) is 6.61 Å². The third-order valence-electron chi connectivity index (χ3n) is 4.75. The standard InChI is InChI=1S/C17H23ClN2O/c1-4-17(10-7-11-17)20-13-8-6-9-14(21-5-2)15(13)19-16(20)12(3)18/h6,8-9,12H,4-5,7,10-11H2,1-3H3. The fourth-order valence-corrected chi connectivity index (χ4v) is 3.60. The fraction of sp³-hybridized carbons (Fsp3) is 0.588. The number of para-hydroxylation sites is 1. The average molecular weight is 307 g/mol. The van der Waals surface area contributed by atoms with Crippen molar-refractivity contribution in [2.45, 2.75) is 57.4 Å². The smallest absolute Gasteiger partial charge is 0.147 e. The summed E-state index contributed by atoms with van der Waals surface area (Å²) in [4.78, 5) is 4.83. The van der Waals surface area contributed by atoms with Crippen LogP contribution in [0.25, 0.3) is 11.0 Å². The number of fused-ring (bicyclic) bond motifs is 1. The Balaban J connectivity index is 2.26. The third-order valence-corrected chi connectivity index (χ3v) is 4.94. The highest BCUT2D eigenvalue weighted by atomic mass is 35.5. The topological polar surface area (TPSA) is 27.1 Å². The number of imidazole rings is 1. The van der Waals surface area contributed by atoms with Crippen LogP contribution < -0.4 is 4.74 Å². The molecule has 3 rings (SSSR count). The van der Waals surface area contributed by atoms with E-state index in [4.69, 9.17) is 21.3 Å². The lowest BCUT2D eigenvalue weighted by atomic mass is 9.74. The van der Waals surface area contributed by atoms with Crippen LogP contribution in [-0.4, -0.2) is 16.2 Å². The van der Waals surface area contributed by atoms with Gasteiger partial charge in [-0.3, -0.25) is 0 Å². The maximum atomic E-state index is 6.43. The molecular weight excluding hydrogens is 284 g/mol. The van der Waals surface area contributed by atoms with Crippen molar-refractivity contribution >= 4 is 22.6 Å². The van der Waals surface area contributed by atoms with Crippen LogP contribution in [0.3, 0.4) is 0 Å². The van der Waals surface area contributed by atoms with Crippen molar-refractivity contribution in [3.63, 3.8) is 0 Å². The number of rotatable bonds is 5. The quantitative estimate of drug-likeness (QED) is 0.725. The normalized spacial score (nSPS) is 18.5. The summed E-state index contributed by atoms with van der Waals surface area (Å²) in [5.41, 5.74) is 2.30. The summed E-state index contributed by atoms with van der Waals surface area (Å²) in [6.07, 6.45) is 4.83. The Bertz CT molecular complexity index is 638. The maximum Gasteiger partial charge on any atom is 0.147 e. The molecule has 1 unspecified atom stereocenters. The Morgan fingerprint density at radius 2 is 2.14 bits per heavy atom. The van der Waals surface area contributed by atoms with Crippen molar-refractivity contribution in [3.05, 3.63) is 24.0 Å². The van der Waals surface area contributed by atoms with Crippen LogP contribution >= 0.6 is 11.6 Å². The maximum absolute atomic E-state index is 6.43. The highest BCUT2D eigenvalue weighted by molar-refractivity contribution is 6.20. The molecule has 1 aromatic carbocycles. The minimum Gasteiger partial charge on any atom is -0.492 e. The predicted octanol–water partition coefficient (Wildman–Crippen LogP) is 5.02. The Morgan fingerprint density at radius 1 is 1.38 bits per heavy atom. The molecule has 1 saturated carbocycles. The molecule has 0 aliphatic heterocycles. The van der Waals surface area contributed by atoms with E-state index >= 15 is 0 Å². The molecule has 0 spiro atoms. The second kappa shape index (κ2) is 5.53. The molecule has 1 heterocycles. The van der Waals surface area contributed by atoms with Crippen molar-refractivity contribution in [1.82, 2.24) is 9.55 Å². The Labute approximate surface area is 131 Å². The highest BCUT2D eigenvalue weighted by Crippen LogP contribution is 2.46. The summed E-state index contributed by atoms with van der Waals surface area (Å²) in [7, 11) is 0. The molecule has 0 saturated heterocycles. The summed E-state index contributed by atoms with van der Waals surface area (Å²) < 4.78 is 8.14. The van der Waals surface area contributed by atoms with Gasteiger partial charge in [-0.05, 0) is 51.7 Å². The lowest BCUT2D eigenvalue weighted by molar-refractivity contribution is 0.137. The zero-order valence-electron chi connectivity index (χ0n) is 13.0. The Kier molecular flexibility index (Phi) is 3.87. The summed E-state index contributed by atoms with van der Waals surface area (Å²) >= 11 is 6.43. The van der Waals surface area contributed by atoms with Gasteiger partial charge in [-0.15, -0.1) is 11.6 Å². The van der Waals surface area contributed by atoms with E-state index in [1.54, 1.807) is 0 Å². The van der Waals surface area contributed by atoms with Gasteiger partial charge in [0.1, 0.15) is 17.1 Å². The lowest BCUT2D eigenvalue weighted by Crippen LogP contribution is -2.41. The van der Waals surface area contributed by atoms with Crippen molar-refractivity contribution < 1.29 is 4.74 Å². The van der Waals surface area contributed by atoms with Crippen LogP contribution in [0.5, 0.6) is 5.75 Å². The molecule has 114 valence electrons. The monoisotopic (exact) mass is 306 g/mol. The Hall–Kier alpha value is -1.22. The van der Waals surface area contributed by atoms with Crippen LogP contribution in [0, 0.1) is 0 Å². The summed E-state index contributed by atoms with van der Waals surface area (Å²) in [6, 6.07) is 6.19. The molecule has 0 N–H and O–H groups in total. The summed E-state index contributed by atoms with van der Waals surface area (Å²) in [5, 5.41) is -0.101. The molecular formula is C17H23ClN2O. The first kappa shape index (κ1) is 14.7. The van der Waals surface area contributed by atoms with E-state index < -0.39 is 0 Å². The van der Waals surface area contributed by atoms with E-state index in [-0.39, 0.29) is 10.9 Å². The van der Waals surface area contributed by atoms with Crippen molar-refractivity contribution in [3.8, 4) is 5.75 Å². The van der Waals surface area contributed by atoms with Gasteiger partial charge < -0.3 is 9.30 Å². The van der Waals surface area contributed by atoms with Gasteiger partial charge in [0.05, 0.1) is 17.5 Å². The number of hydrogen-bond acceptors (Lipinski definition) is 2. The molecule has 2 aromatic rings. The molecule has 0 amide bonds. The van der Waals surface area contributed by atoms with Crippen molar-refractivity contribution in [2.24, 2.45) is 0 Å². The van der Waals surface area contributed by atoms with Crippen LogP contribution in [0.15, 0.2) is 18.2 Å². The molecule has 3 nitrogen and oxygen atoms in total. The number of nitrogens with zero attached hydrogens (tertiary/aromatic N) is 2.